The highest BCUT2D eigenvalue weighted by atomic mass is 32.2. The molecule has 0 bridgehead atoms. The van der Waals surface area contributed by atoms with Gasteiger partial charge < -0.3 is 15.4 Å². The number of amides is 2. The molecule has 1 aromatic rings. The topological polar surface area (TPSA) is 87.7 Å². The first-order chi connectivity index (χ1) is 14.0. The molecule has 29 heavy (non-hydrogen) atoms. The van der Waals surface area contributed by atoms with E-state index in [2.05, 4.69) is 10.6 Å². The third-order valence-corrected chi connectivity index (χ3v) is 7.82. The van der Waals surface area contributed by atoms with Crippen LogP contribution in [0.5, 0.6) is 5.75 Å². The van der Waals surface area contributed by atoms with Gasteiger partial charge in [0.25, 0.3) is 0 Å². The van der Waals surface area contributed by atoms with Gasteiger partial charge in [0.15, 0.2) is 0 Å². The van der Waals surface area contributed by atoms with Crippen LogP contribution in [-0.4, -0.2) is 51.5 Å². The highest BCUT2D eigenvalue weighted by Crippen LogP contribution is 2.25. The van der Waals surface area contributed by atoms with Crippen molar-refractivity contribution in [3.63, 3.8) is 0 Å². The van der Waals surface area contributed by atoms with Gasteiger partial charge in [0.2, 0.25) is 10.0 Å². The molecule has 1 atom stereocenters. The molecule has 0 aromatic heterocycles. The molecule has 1 saturated carbocycles. The van der Waals surface area contributed by atoms with E-state index in [1.165, 1.54) is 36.4 Å². The normalized spacial score (nSPS) is 21.9. The zero-order chi connectivity index (χ0) is 20.7. The fourth-order valence-corrected chi connectivity index (χ4v) is 5.68. The summed E-state index contributed by atoms with van der Waals surface area (Å²) in [4.78, 5) is 12.5. The Hall–Kier alpha value is -1.80. The Bertz CT molecular complexity index is 759. The zero-order valence-electron chi connectivity index (χ0n) is 17.2. The standard InChI is InChI=1S/C21H33N3O4S/c1-28-19-9-11-20(12-10-19)29(26,27)24-14-13-17(16-24)15-22-21(25)23-18-7-5-3-2-4-6-8-18/h9-12,17-18H,2-8,13-16H2,1H3,(H2,22,23,25). The Balaban J connectivity index is 1.45. The molecule has 1 aliphatic carbocycles. The monoisotopic (exact) mass is 423 g/mol. The van der Waals surface area contributed by atoms with Crippen LogP contribution in [0, 0.1) is 5.92 Å². The second-order valence-corrected chi connectivity index (χ2v) is 10.0. The highest BCUT2D eigenvalue weighted by Gasteiger charge is 2.32. The van der Waals surface area contributed by atoms with Gasteiger partial charge in [-0.3, -0.25) is 0 Å². The van der Waals surface area contributed by atoms with Gasteiger partial charge in [0.05, 0.1) is 12.0 Å². The molecule has 8 heteroatoms. The molecule has 1 saturated heterocycles. The number of ether oxygens (including phenoxy) is 1. The van der Waals surface area contributed by atoms with E-state index in [9.17, 15) is 13.2 Å². The summed E-state index contributed by atoms with van der Waals surface area (Å²) in [5.41, 5.74) is 0. The zero-order valence-corrected chi connectivity index (χ0v) is 18.0. The third-order valence-electron chi connectivity index (χ3n) is 5.94. The quantitative estimate of drug-likeness (QED) is 0.736. The van der Waals surface area contributed by atoms with Crippen molar-refractivity contribution in [2.24, 2.45) is 5.92 Å². The molecular weight excluding hydrogens is 390 g/mol. The summed E-state index contributed by atoms with van der Waals surface area (Å²) in [6, 6.07) is 6.58. The minimum absolute atomic E-state index is 0.131. The van der Waals surface area contributed by atoms with Gasteiger partial charge in [-0.05, 0) is 49.4 Å². The van der Waals surface area contributed by atoms with Crippen LogP contribution in [0.3, 0.4) is 0 Å². The van der Waals surface area contributed by atoms with Crippen LogP contribution in [0.2, 0.25) is 0 Å². The summed E-state index contributed by atoms with van der Waals surface area (Å²) in [5.74, 6) is 0.758. The lowest BCUT2D eigenvalue weighted by Crippen LogP contribution is -2.44. The molecule has 1 aromatic carbocycles. The minimum Gasteiger partial charge on any atom is -0.497 e. The van der Waals surface area contributed by atoms with E-state index in [1.54, 1.807) is 31.4 Å². The number of nitrogens with zero attached hydrogens (tertiary/aromatic N) is 1. The van der Waals surface area contributed by atoms with Crippen LogP contribution >= 0.6 is 0 Å². The molecule has 1 unspecified atom stereocenters. The summed E-state index contributed by atoms with van der Waals surface area (Å²) in [5, 5.41) is 6.04. The molecule has 0 radical (unpaired) electrons. The van der Waals surface area contributed by atoms with E-state index in [0.29, 0.717) is 25.4 Å². The fourth-order valence-electron chi connectivity index (χ4n) is 4.15. The van der Waals surface area contributed by atoms with Crippen LogP contribution in [-0.2, 0) is 10.0 Å². The summed E-state index contributed by atoms with van der Waals surface area (Å²) < 4.78 is 32.3. The van der Waals surface area contributed by atoms with E-state index >= 15 is 0 Å². The Labute approximate surface area is 174 Å². The van der Waals surface area contributed by atoms with Crippen molar-refractivity contribution < 1.29 is 17.9 Å². The van der Waals surface area contributed by atoms with Crippen molar-refractivity contribution in [2.45, 2.75) is 62.3 Å². The molecule has 2 amide bonds. The molecule has 2 N–H and O–H groups in total. The first-order valence-corrected chi connectivity index (χ1v) is 12.1. The maximum Gasteiger partial charge on any atom is 0.315 e. The van der Waals surface area contributed by atoms with Gasteiger partial charge in [0.1, 0.15) is 5.75 Å². The number of rotatable bonds is 6. The average Bonchev–Trinajstić information content (AvgIpc) is 3.18. The highest BCUT2D eigenvalue weighted by molar-refractivity contribution is 7.89. The second kappa shape index (κ2) is 10.3. The summed E-state index contributed by atoms with van der Waals surface area (Å²) in [7, 11) is -1.97. The predicted molar refractivity (Wildman–Crippen MR) is 113 cm³/mol. The van der Waals surface area contributed by atoms with Crippen LogP contribution < -0.4 is 15.4 Å². The number of hydrogen-bond acceptors (Lipinski definition) is 4. The van der Waals surface area contributed by atoms with E-state index in [0.717, 1.165) is 19.3 Å². The Morgan fingerprint density at radius 3 is 2.38 bits per heavy atom. The summed E-state index contributed by atoms with van der Waals surface area (Å²) >= 11 is 0. The number of carbonyl (C=O) groups is 1. The lowest BCUT2D eigenvalue weighted by atomic mass is 9.97. The maximum atomic E-state index is 12.8. The summed E-state index contributed by atoms with van der Waals surface area (Å²) in [6.45, 7) is 1.40. The van der Waals surface area contributed by atoms with E-state index < -0.39 is 10.0 Å². The smallest absolute Gasteiger partial charge is 0.315 e. The number of urea groups is 1. The number of methoxy groups -OCH3 is 1. The first kappa shape index (κ1) is 21.9. The van der Waals surface area contributed by atoms with Crippen molar-refractivity contribution >= 4 is 16.1 Å². The third kappa shape index (κ3) is 6.09. The summed E-state index contributed by atoms with van der Waals surface area (Å²) in [6.07, 6.45) is 8.99. The Kier molecular flexibility index (Phi) is 7.77. The number of nitrogens with one attached hydrogen (secondary N) is 2. The fraction of sp³-hybridized carbons (Fsp3) is 0.667. The van der Waals surface area contributed by atoms with Crippen molar-refractivity contribution in [1.82, 2.24) is 14.9 Å². The minimum atomic E-state index is -3.52. The molecule has 7 nitrogen and oxygen atoms in total. The van der Waals surface area contributed by atoms with E-state index in [-0.39, 0.29) is 22.9 Å². The average molecular weight is 424 g/mol. The molecule has 2 aliphatic rings. The molecule has 1 heterocycles. The molecule has 3 rings (SSSR count). The number of benzene rings is 1. The lowest BCUT2D eigenvalue weighted by molar-refractivity contribution is 0.232. The maximum absolute atomic E-state index is 12.8. The molecule has 1 aliphatic heterocycles. The molecule has 0 spiro atoms. The number of carbonyl (C=O) groups excluding carboxylic acids is 1. The van der Waals surface area contributed by atoms with Crippen LogP contribution in [0.25, 0.3) is 0 Å². The van der Waals surface area contributed by atoms with Gasteiger partial charge in [0, 0.05) is 25.7 Å². The SMILES string of the molecule is COc1ccc(S(=O)(=O)N2CCC(CNC(=O)NC3CCCCCCC3)C2)cc1. The molecule has 2 fully saturated rings. The van der Waals surface area contributed by atoms with E-state index in [4.69, 9.17) is 4.74 Å². The van der Waals surface area contributed by atoms with Crippen molar-refractivity contribution in [3.8, 4) is 5.75 Å². The van der Waals surface area contributed by atoms with Crippen molar-refractivity contribution in [3.05, 3.63) is 24.3 Å². The van der Waals surface area contributed by atoms with Crippen LogP contribution in [0.4, 0.5) is 4.79 Å². The Morgan fingerprint density at radius 2 is 1.72 bits per heavy atom. The molecule has 162 valence electrons. The second-order valence-electron chi connectivity index (χ2n) is 8.09. The lowest BCUT2D eigenvalue weighted by Gasteiger charge is -2.22. The van der Waals surface area contributed by atoms with Gasteiger partial charge in [-0.1, -0.05) is 32.1 Å². The van der Waals surface area contributed by atoms with Gasteiger partial charge >= 0.3 is 6.03 Å². The first-order valence-electron chi connectivity index (χ1n) is 10.7. The van der Waals surface area contributed by atoms with Crippen molar-refractivity contribution in [2.75, 3.05) is 26.7 Å². The number of hydrogen-bond donors (Lipinski definition) is 2. The van der Waals surface area contributed by atoms with Crippen LogP contribution in [0.15, 0.2) is 29.2 Å². The predicted octanol–water partition coefficient (Wildman–Crippen LogP) is 3.12. The van der Waals surface area contributed by atoms with Gasteiger partial charge in [-0.2, -0.15) is 4.31 Å². The molecular formula is C21H33N3O4S. The largest absolute Gasteiger partial charge is 0.497 e. The van der Waals surface area contributed by atoms with Gasteiger partial charge in [-0.15, -0.1) is 0 Å². The van der Waals surface area contributed by atoms with Crippen molar-refractivity contribution in [1.29, 1.82) is 0 Å². The van der Waals surface area contributed by atoms with E-state index in [1.807, 2.05) is 0 Å². The number of sulfonamides is 1. The van der Waals surface area contributed by atoms with Gasteiger partial charge in [-0.25, -0.2) is 13.2 Å². The Morgan fingerprint density at radius 1 is 1.07 bits per heavy atom. The van der Waals surface area contributed by atoms with Crippen LogP contribution in [0.1, 0.15) is 51.4 Å².